The van der Waals surface area contributed by atoms with Crippen LogP contribution in [0.25, 0.3) is 0 Å². The van der Waals surface area contributed by atoms with Gasteiger partial charge in [0.1, 0.15) is 5.84 Å². The van der Waals surface area contributed by atoms with Gasteiger partial charge in [0, 0.05) is 12.5 Å². The minimum atomic E-state index is 0.340. The van der Waals surface area contributed by atoms with Crippen LogP contribution in [0, 0.1) is 5.92 Å². The summed E-state index contributed by atoms with van der Waals surface area (Å²) in [6.07, 6.45) is 10.3. The second-order valence-electron chi connectivity index (χ2n) is 3.68. The molecule has 0 aromatic rings. The van der Waals surface area contributed by atoms with Gasteiger partial charge in [0.05, 0.1) is 12.3 Å². The van der Waals surface area contributed by atoms with Crippen molar-refractivity contribution in [2.75, 3.05) is 13.1 Å². The summed E-state index contributed by atoms with van der Waals surface area (Å²) in [5, 5.41) is 0. The number of aliphatic imine (C=N–C) groups is 2. The summed E-state index contributed by atoms with van der Waals surface area (Å²) in [5.74, 6) is 1.14. The Bertz CT molecular complexity index is 397. The van der Waals surface area contributed by atoms with E-state index in [0.717, 1.165) is 11.5 Å². The van der Waals surface area contributed by atoms with E-state index in [1.165, 1.54) is 5.57 Å². The van der Waals surface area contributed by atoms with Crippen LogP contribution in [-0.2, 0) is 0 Å². The zero-order valence-corrected chi connectivity index (χ0v) is 8.85. The predicted octanol–water partition coefficient (Wildman–Crippen LogP) is 1.49. The largest absolute Gasteiger partial charge is 0.329 e. The van der Waals surface area contributed by atoms with Crippen molar-refractivity contribution in [3.05, 3.63) is 36.0 Å². The standard InChI is InChI=1S/C12H15N3/c1-9-8-12(14-7-6-13)15-11-5-3-2-4-10(9)11/h2-5,8,10H,6-7,13H2,1H3. The van der Waals surface area contributed by atoms with Crippen LogP contribution >= 0.6 is 0 Å². The van der Waals surface area contributed by atoms with Crippen molar-refractivity contribution in [3.8, 4) is 0 Å². The molecule has 1 aliphatic carbocycles. The normalized spacial score (nSPS) is 26.3. The summed E-state index contributed by atoms with van der Waals surface area (Å²) in [5.41, 5.74) is 7.78. The van der Waals surface area contributed by atoms with E-state index in [2.05, 4.69) is 29.1 Å². The molecule has 1 unspecified atom stereocenters. The van der Waals surface area contributed by atoms with Crippen LogP contribution < -0.4 is 5.73 Å². The topological polar surface area (TPSA) is 50.7 Å². The highest BCUT2D eigenvalue weighted by Gasteiger charge is 2.19. The molecule has 3 heteroatoms. The fraction of sp³-hybridized carbons (Fsp3) is 0.333. The number of dihydropyridines is 1. The molecular formula is C12H15N3. The molecule has 2 N–H and O–H groups in total. The fourth-order valence-corrected chi connectivity index (χ4v) is 1.74. The third-order valence-electron chi connectivity index (χ3n) is 2.49. The van der Waals surface area contributed by atoms with Crippen molar-refractivity contribution >= 4 is 11.5 Å². The van der Waals surface area contributed by atoms with E-state index in [9.17, 15) is 0 Å². The number of hydrogen-bond donors (Lipinski definition) is 1. The van der Waals surface area contributed by atoms with Crippen LogP contribution in [-0.4, -0.2) is 24.6 Å². The van der Waals surface area contributed by atoms with Gasteiger partial charge >= 0.3 is 0 Å². The van der Waals surface area contributed by atoms with Crippen LogP contribution in [0.1, 0.15) is 6.92 Å². The lowest BCUT2D eigenvalue weighted by atomic mass is 9.89. The van der Waals surface area contributed by atoms with Gasteiger partial charge < -0.3 is 5.73 Å². The first-order chi connectivity index (χ1) is 7.31. The first-order valence-corrected chi connectivity index (χ1v) is 5.17. The van der Waals surface area contributed by atoms with Crippen molar-refractivity contribution in [2.45, 2.75) is 6.92 Å². The molecule has 2 rings (SSSR count). The number of rotatable bonds is 2. The molecule has 0 bridgehead atoms. The van der Waals surface area contributed by atoms with Crippen molar-refractivity contribution in [1.29, 1.82) is 0 Å². The molecule has 0 saturated carbocycles. The average molecular weight is 201 g/mol. The molecule has 0 saturated heterocycles. The molecule has 0 aromatic carbocycles. The molecule has 1 heterocycles. The van der Waals surface area contributed by atoms with E-state index in [4.69, 9.17) is 5.73 Å². The molecule has 1 aliphatic heterocycles. The van der Waals surface area contributed by atoms with Crippen molar-refractivity contribution in [2.24, 2.45) is 21.6 Å². The molecule has 0 aromatic heterocycles. The minimum Gasteiger partial charge on any atom is -0.329 e. The lowest BCUT2D eigenvalue weighted by molar-refractivity contribution is 0.963. The molecule has 0 radical (unpaired) electrons. The van der Waals surface area contributed by atoms with E-state index in [1.807, 2.05) is 18.2 Å². The molecule has 15 heavy (non-hydrogen) atoms. The van der Waals surface area contributed by atoms with Gasteiger partial charge in [0.15, 0.2) is 0 Å². The van der Waals surface area contributed by atoms with Crippen molar-refractivity contribution in [3.63, 3.8) is 0 Å². The third-order valence-corrected chi connectivity index (χ3v) is 2.49. The van der Waals surface area contributed by atoms with Crippen LogP contribution in [0.2, 0.25) is 0 Å². The zero-order valence-electron chi connectivity index (χ0n) is 8.85. The van der Waals surface area contributed by atoms with E-state index >= 15 is 0 Å². The summed E-state index contributed by atoms with van der Waals surface area (Å²) in [6, 6.07) is 0. The Kier molecular flexibility index (Phi) is 2.92. The second-order valence-corrected chi connectivity index (χ2v) is 3.68. The Hall–Kier alpha value is -1.48. The molecule has 78 valence electrons. The second kappa shape index (κ2) is 4.36. The fourth-order valence-electron chi connectivity index (χ4n) is 1.74. The lowest BCUT2D eigenvalue weighted by Gasteiger charge is -2.20. The zero-order chi connectivity index (χ0) is 10.7. The number of fused-ring (bicyclic) bond motifs is 1. The molecule has 3 nitrogen and oxygen atoms in total. The Morgan fingerprint density at radius 3 is 3.13 bits per heavy atom. The number of hydrogen-bond acceptors (Lipinski definition) is 2. The molecule has 1 atom stereocenters. The summed E-state index contributed by atoms with van der Waals surface area (Å²) in [7, 11) is 0. The van der Waals surface area contributed by atoms with Gasteiger partial charge in [-0.25, -0.2) is 4.99 Å². The van der Waals surface area contributed by atoms with Gasteiger partial charge in [-0.2, -0.15) is 0 Å². The number of nitrogens with two attached hydrogens (primary N) is 1. The quantitative estimate of drug-likeness (QED) is 0.723. The van der Waals surface area contributed by atoms with E-state index in [0.29, 0.717) is 19.0 Å². The SMILES string of the molecule is CC1=CC(=NCCN)N=C2C=CC=CC12. The smallest absolute Gasteiger partial charge is 0.147 e. The molecular weight excluding hydrogens is 186 g/mol. The van der Waals surface area contributed by atoms with Crippen LogP contribution in [0.5, 0.6) is 0 Å². The lowest BCUT2D eigenvalue weighted by Crippen LogP contribution is -2.20. The van der Waals surface area contributed by atoms with E-state index in [1.54, 1.807) is 0 Å². The number of amidine groups is 1. The maximum atomic E-state index is 5.41. The van der Waals surface area contributed by atoms with Gasteiger partial charge in [-0.05, 0) is 19.1 Å². The van der Waals surface area contributed by atoms with Gasteiger partial charge in [-0.15, -0.1) is 0 Å². The highest BCUT2D eigenvalue weighted by molar-refractivity contribution is 6.13. The third kappa shape index (κ3) is 2.13. The van der Waals surface area contributed by atoms with Gasteiger partial charge in [-0.3, -0.25) is 4.99 Å². The van der Waals surface area contributed by atoms with Gasteiger partial charge in [-0.1, -0.05) is 23.8 Å². The molecule has 0 fully saturated rings. The predicted molar refractivity (Wildman–Crippen MR) is 64.3 cm³/mol. The van der Waals surface area contributed by atoms with Gasteiger partial charge in [0.25, 0.3) is 0 Å². The van der Waals surface area contributed by atoms with Crippen LogP contribution in [0.15, 0.2) is 45.9 Å². The molecule has 0 spiro atoms. The Balaban J connectivity index is 2.27. The highest BCUT2D eigenvalue weighted by Crippen LogP contribution is 2.22. The summed E-state index contributed by atoms with van der Waals surface area (Å²) < 4.78 is 0. The van der Waals surface area contributed by atoms with E-state index in [-0.39, 0.29) is 0 Å². The number of allylic oxidation sites excluding steroid dienone is 5. The van der Waals surface area contributed by atoms with Crippen molar-refractivity contribution in [1.82, 2.24) is 0 Å². The minimum absolute atomic E-state index is 0.340. The Morgan fingerprint density at radius 1 is 1.47 bits per heavy atom. The van der Waals surface area contributed by atoms with E-state index < -0.39 is 0 Å². The summed E-state index contributed by atoms with van der Waals surface area (Å²) in [4.78, 5) is 8.80. The molecule has 0 amide bonds. The highest BCUT2D eigenvalue weighted by atomic mass is 14.9. The van der Waals surface area contributed by atoms with Gasteiger partial charge in [0.2, 0.25) is 0 Å². The average Bonchev–Trinajstić information content (AvgIpc) is 2.26. The monoisotopic (exact) mass is 201 g/mol. The Morgan fingerprint density at radius 2 is 2.33 bits per heavy atom. The summed E-state index contributed by atoms with van der Waals surface area (Å²) in [6.45, 7) is 3.32. The van der Waals surface area contributed by atoms with Crippen molar-refractivity contribution < 1.29 is 0 Å². The summed E-state index contributed by atoms with van der Waals surface area (Å²) >= 11 is 0. The maximum Gasteiger partial charge on any atom is 0.147 e. The maximum absolute atomic E-state index is 5.41. The van der Waals surface area contributed by atoms with Crippen LogP contribution in [0.4, 0.5) is 0 Å². The Labute approximate surface area is 89.8 Å². The van der Waals surface area contributed by atoms with Crippen LogP contribution in [0.3, 0.4) is 0 Å². The molecule has 2 aliphatic rings. The first-order valence-electron chi connectivity index (χ1n) is 5.17. The number of nitrogens with zero attached hydrogens (tertiary/aromatic N) is 2. The first kappa shape index (κ1) is 10.1.